The van der Waals surface area contributed by atoms with Crippen molar-refractivity contribution in [2.75, 3.05) is 4.43 Å². The highest BCUT2D eigenvalue weighted by atomic mass is 127. The molecule has 0 aromatic heterocycles. The maximum Gasteiger partial charge on any atom is 0.0948 e. The Morgan fingerprint density at radius 3 is 2.20 bits per heavy atom. The van der Waals surface area contributed by atoms with Crippen LogP contribution < -0.4 is 0 Å². The molecule has 0 rings (SSSR count). The second kappa shape index (κ2) is 2.50. The summed E-state index contributed by atoms with van der Waals surface area (Å²) in [5, 5.41) is 8.16. The molecule has 0 saturated heterocycles. The number of rotatable bonds is 1. The van der Waals surface area contributed by atoms with Gasteiger partial charge in [0, 0.05) is 0 Å². The average molecular weight is 184 g/mol. The molecule has 30 valence electrons. The fourth-order valence-corrected chi connectivity index (χ4v) is 0. The normalized spacial score (nSPS) is 7.40. The van der Waals surface area contributed by atoms with Gasteiger partial charge in [-0.2, -0.15) is 0 Å². The molecule has 1 N–H and O–H groups in total. The van der Waals surface area contributed by atoms with E-state index in [4.69, 9.17) is 5.11 Å². The van der Waals surface area contributed by atoms with E-state index in [1.165, 1.54) is 0 Å². The highest BCUT2D eigenvalue weighted by Gasteiger charge is 1.72. The minimum atomic E-state index is 0.241. The maximum absolute atomic E-state index is 8.16. The van der Waals surface area contributed by atoms with Gasteiger partial charge in [-0.15, -0.1) is 0 Å². The molecular formula is C3H5IO. The molecule has 5 heavy (non-hydrogen) atoms. The molecule has 0 amide bonds. The molecule has 0 aliphatic heterocycles. The zero-order valence-corrected chi connectivity index (χ0v) is 4.90. The third-order valence-corrected chi connectivity index (χ3v) is 1.03. The number of hydrogen-bond acceptors (Lipinski definition) is 1. The van der Waals surface area contributed by atoms with Crippen LogP contribution >= 0.6 is 22.6 Å². The van der Waals surface area contributed by atoms with Crippen LogP contribution in [0.1, 0.15) is 0 Å². The van der Waals surface area contributed by atoms with Gasteiger partial charge in [-0.25, -0.2) is 0 Å². The van der Waals surface area contributed by atoms with Gasteiger partial charge in [0.15, 0.2) is 0 Å². The largest absolute Gasteiger partial charge is 0.512 e. The summed E-state index contributed by atoms with van der Waals surface area (Å²) in [5.74, 6) is 0.241. The van der Waals surface area contributed by atoms with E-state index in [-0.39, 0.29) is 5.76 Å². The van der Waals surface area contributed by atoms with E-state index in [1.807, 2.05) is 22.6 Å². The summed E-state index contributed by atoms with van der Waals surface area (Å²) in [4.78, 5) is 0. The van der Waals surface area contributed by atoms with Gasteiger partial charge in [0.25, 0.3) is 0 Å². The molecule has 1 nitrogen and oxygen atoms in total. The van der Waals surface area contributed by atoms with Gasteiger partial charge in [0.05, 0.1) is 10.2 Å². The van der Waals surface area contributed by atoms with Crippen molar-refractivity contribution in [3.05, 3.63) is 12.3 Å². The predicted molar refractivity (Wildman–Crippen MR) is 30.7 cm³/mol. The molecule has 0 atom stereocenters. The number of hydrogen-bond donors (Lipinski definition) is 1. The van der Waals surface area contributed by atoms with Gasteiger partial charge in [0.2, 0.25) is 0 Å². The third kappa shape index (κ3) is 4.27. The van der Waals surface area contributed by atoms with Crippen LogP contribution in [0.5, 0.6) is 0 Å². The molecule has 2 heteroatoms. The van der Waals surface area contributed by atoms with Crippen molar-refractivity contribution in [3.63, 3.8) is 0 Å². The van der Waals surface area contributed by atoms with Crippen molar-refractivity contribution in [1.29, 1.82) is 0 Å². The molecule has 0 radical (unpaired) electrons. The Hall–Kier alpha value is 0.270. The lowest BCUT2D eigenvalue weighted by Crippen LogP contribution is -1.71. The average Bonchev–Trinajstić information content (AvgIpc) is 1.38. The lowest BCUT2D eigenvalue weighted by Gasteiger charge is -1.78. The Bertz CT molecular complexity index is 42.2. The molecule has 0 heterocycles. The molecule has 0 spiro atoms. The van der Waals surface area contributed by atoms with Crippen molar-refractivity contribution in [3.8, 4) is 0 Å². The molecule has 0 saturated carbocycles. The zero-order chi connectivity index (χ0) is 4.28. The first-order chi connectivity index (χ1) is 2.27. The van der Waals surface area contributed by atoms with E-state index in [1.54, 1.807) is 0 Å². The SMILES string of the molecule is C=C(O)CI. The van der Waals surface area contributed by atoms with E-state index < -0.39 is 0 Å². The number of alkyl halides is 1. The molecule has 0 aliphatic rings. The van der Waals surface area contributed by atoms with Crippen LogP contribution in [0.3, 0.4) is 0 Å². The van der Waals surface area contributed by atoms with Crippen molar-refractivity contribution in [2.24, 2.45) is 0 Å². The summed E-state index contributed by atoms with van der Waals surface area (Å²) in [7, 11) is 0. The van der Waals surface area contributed by atoms with Crippen LogP contribution in [0.25, 0.3) is 0 Å². The van der Waals surface area contributed by atoms with Gasteiger partial charge < -0.3 is 5.11 Å². The standard InChI is InChI=1S/C3H5IO/c1-3(5)2-4/h5H,1-2H2. The molecule has 0 aliphatic carbocycles. The predicted octanol–water partition coefficient (Wildman–Crippen LogP) is 1.49. The van der Waals surface area contributed by atoms with Crippen molar-refractivity contribution in [2.45, 2.75) is 0 Å². The Kier molecular flexibility index (Phi) is 2.64. The van der Waals surface area contributed by atoms with Gasteiger partial charge in [-0.05, 0) is 0 Å². The van der Waals surface area contributed by atoms with Crippen LogP contribution in [-0.2, 0) is 0 Å². The van der Waals surface area contributed by atoms with E-state index in [2.05, 4.69) is 6.58 Å². The molecule has 0 fully saturated rings. The minimum Gasteiger partial charge on any atom is -0.512 e. The summed E-state index contributed by atoms with van der Waals surface area (Å²) < 4.78 is 0.637. The zero-order valence-electron chi connectivity index (χ0n) is 2.74. The second-order valence-corrected chi connectivity index (χ2v) is 1.46. The van der Waals surface area contributed by atoms with Crippen molar-refractivity contribution in [1.82, 2.24) is 0 Å². The number of halogens is 1. The Morgan fingerprint density at radius 1 is 2.00 bits per heavy atom. The first kappa shape index (κ1) is 5.27. The summed E-state index contributed by atoms with van der Waals surface area (Å²) in [6.45, 7) is 3.22. The van der Waals surface area contributed by atoms with Crippen LogP contribution in [0, 0.1) is 0 Å². The monoisotopic (exact) mass is 184 g/mol. The fraction of sp³-hybridized carbons (Fsp3) is 0.333. The first-order valence-corrected chi connectivity index (χ1v) is 2.72. The molecular weight excluding hydrogens is 179 g/mol. The second-order valence-electron chi connectivity index (χ2n) is 0.700. The Morgan fingerprint density at radius 2 is 2.20 bits per heavy atom. The smallest absolute Gasteiger partial charge is 0.0948 e. The highest BCUT2D eigenvalue weighted by molar-refractivity contribution is 14.1. The summed E-state index contributed by atoms with van der Waals surface area (Å²) in [6, 6.07) is 0. The summed E-state index contributed by atoms with van der Waals surface area (Å²) in [6.07, 6.45) is 0. The van der Waals surface area contributed by atoms with Crippen LogP contribution in [0.2, 0.25) is 0 Å². The number of aliphatic hydroxyl groups is 1. The van der Waals surface area contributed by atoms with Gasteiger partial charge in [0.1, 0.15) is 0 Å². The summed E-state index contributed by atoms with van der Waals surface area (Å²) in [5.41, 5.74) is 0. The van der Waals surface area contributed by atoms with Gasteiger partial charge in [-0.1, -0.05) is 29.2 Å². The highest BCUT2D eigenvalue weighted by Crippen LogP contribution is 1.87. The quantitative estimate of drug-likeness (QED) is 0.371. The molecule has 0 unspecified atom stereocenters. The van der Waals surface area contributed by atoms with E-state index >= 15 is 0 Å². The van der Waals surface area contributed by atoms with Crippen molar-refractivity contribution < 1.29 is 5.11 Å². The van der Waals surface area contributed by atoms with E-state index in [0.717, 1.165) is 0 Å². The van der Waals surface area contributed by atoms with Crippen LogP contribution in [-0.4, -0.2) is 9.53 Å². The van der Waals surface area contributed by atoms with Gasteiger partial charge >= 0.3 is 0 Å². The van der Waals surface area contributed by atoms with Gasteiger partial charge in [-0.3, -0.25) is 0 Å². The van der Waals surface area contributed by atoms with E-state index in [9.17, 15) is 0 Å². The van der Waals surface area contributed by atoms with Crippen molar-refractivity contribution >= 4 is 22.6 Å². The molecule has 0 aromatic rings. The lowest BCUT2D eigenvalue weighted by atomic mass is 10.7. The van der Waals surface area contributed by atoms with Crippen LogP contribution in [0.15, 0.2) is 12.3 Å². The van der Waals surface area contributed by atoms with E-state index in [0.29, 0.717) is 4.43 Å². The third-order valence-electron chi connectivity index (χ3n) is 0.154. The summed E-state index contributed by atoms with van der Waals surface area (Å²) >= 11 is 2.03. The lowest BCUT2D eigenvalue weighted by molar-refractivity contribution is 0.422. The first-order valence-electron chi connectivity index (χ1n) is 1.20. The Labute approximate surface area is 44.8 Å². The molecule has 0 bridgehead atoms. The minimum absolute atomic E-state index is 0.241. The number of aliphatic hydroxyl groups excluding tert-OH is 1. The number of allylic oxidation sites excluding steroid dienone is 1. The van der Waals surface area contributed by atoms with Crippen LogP contribution in [0.4, 0.5) is 0 Å². The fourth-order valence-electron chi connectivity index (χ4n) is 0. The maximum atomic E-state index is 8.16. The topological polar surface area (TPSA) is 20.2 Å². The Balaban J connectivity index is 2.85. The molecule has 0 aromatic carbocycles.